The maximum absolute atomic E-state index is 13.3. The van der Waals surface area contributed by atoms with E-state index in [9.17, 15) is 9.18 Å². The molecule has 0 fully saturated rings. The molecule has 0 aromatic heterocycles. The number of carbonyl (C=O) groups is 1. The van der Waals surface area contributed by atoms with E-state index in [4.69, 9.17) is 9.84 Å². The summed E-state index contributed by atoms with van der Waals surface area (Å²) >= 11 is 0. The predicted molar refractivity (Wildman–Crippen MR) is 62.9 cm³/mol. The van der Waals surface area contributed by atoms with Crippen LogP contribution in [0.15, 0.2) is 18.2 Å². The van der Waals surface area contributed by atoms with Crippen molar-refractivity contribution in [3.63, 3.8) is 0 Å². The monoisotopic (exact) mass is 241 g/mol. The summed E-state index contributed by atoms with van der Waals surface area (Å²) in [6.45, 7) is 2.12. The smallest absolute Gasteiger partial charge is 0.306 e. The van der Waals surface area contributed by atoms with Crippen LogP contribution in [0.1, 0.15) is 13.3 Å². The van der Waals surface area contributed by atoms with Crippen LogP contribution < -0.4 is 10.1 Å². The van der Waals surface area contributed by atoms with Crippen molar-refractivity contribution < 1.29 is 19.0 Å². The van der Waals surface area contributed by atoms with Gasteiger partial charge in [-0.15, -0.1) is 0 Å². The van der Waals surface area contributed by atoms with Gasteiger partial charge in [-0.05, 0) is 18.6 Å². The van der Waals surface area contributed by atoms with E-state index in [0.717, 1.165) is 0 Å². The number of anilines is 1. The standard InChI is InChI=1S/C12H16FNO3/c1-8(12(15)16)5-6-14-9-3-4-11(17-2)10(13)7-9/h3-4,7-8,14H,5-6H2,1-2H3,(H,15,16). The predicted octanol–water partition coefficient (Wildman–Crippen LogP) is 2.36. The summed E-state index contributed by atoms with van der Waals surface area (Å²) in [4.78, 5) is 10.6. The van der Waals surface area contributed by atoms with Crippen molar-refractivity contribution in [2.24, 2.45) is 5.92 Å². The number of carboxylic acid groups (broad SMARTS) is 1. The highest BCUT2D eigenvalue weighted by atomic mass is 19.1. The van der Waals surface area contributed by atoms with Gasteiger partial charge in [-0.25, -0.2) is 4.39 Å². The van der Waals surface area contributed by atoms with Crippen LogP contribution in [0.5, 0.6) is 5.75 Å². The van der Waals surface area contributed by atoms with E-state index in [1.807, 2.05) is 0 Å². The van der Waals surface area contributed by atoms with Crippen molar-refractivity contribution in [2.45, 2.75) is 13.3 Å². The lowest BCUT2D eigenvalue weighted by molar-refractivity contribution is -0.141. The second kappa shape index (κ2) is 6.08. The number of rotatable bonds is 6. The van der Waals surface area contributed by atoms with E-state index in [1.165, 1.54) is 19.2 Å². The summed E-state index contributed by atoms with van der Waals surface area (Å²) in [6, 6.07) is 4.54. The van der Waals surface area contributed by atoms with Crippen LogP contribution in [0.3, 0.4) is 0 Å². The molecule has 94 valence electrons. The Hall–Kier alpha value is -1.78. The van der Waals surface area contributed by atoms with E-state index in [0.29, 0.717) is 18.7 Å². The summed E-state index contributed by atoms with van der Waals surface area (Å²) in [5, 5.41) is 11.7. The lowest BCUT2D eigenvalue weighted by Gasteiger charge is -2.10. The highest BCUT2D eigenvalue weighted by Crippen LogP contribution is 2.20. The minimum Gasteiger partial charge on any atom is -0.494 e. The molecule has 0 saturated heterocycles. The van der Waals surface area contributed by atoms with Crippen LogP contribution in [0.2, 0.25) is 0 Å². The van der Waals surface area contributed by atoms with Gasteiger partial charge in [0.25, 0.3) is 0 Å². The summed E-state index contributed by atoms with van der Waals surface area (Å²) in [5.74, 6) is -1.49. The van der Waals surface area contributed by atoms with Gasteiger partial charge in [0.05, 0.1) is 13.0 Å². The zero-order chi connectivity index (χ0) is 12.8. The molecule has 0 aliphatic heterocycles. The van der Waals surface area contributed by atoms with Gasteiger partial charge >= 0.3 is 5.97 Å². The van der Waals surface area contributed by atoms with Crippen molar-refractivity contribution in [3.8, 4) is 5.75 Å². The molecule has 0 amide bonds. The number of halogens is 1. The summed E-state index contributed by atoms with van der Waals surface area (Å²) in [7, 11) is 1.40. The molecule has 0 saturated carbocycles. The largest absolute Gasteiger partial charge is 0.494 e. The number of ether oxygens (including phenoxy) is 1. The molecule has 4 nitrogen and oxygen atoms in total. The molecule has 1 rings (SSSR count). The molecule has 2 N–H and O–H groups in total. The Bertz CT molecular complexity index is 395. The first-order chi connectivity index (χ1) is 8.04. The van der Waals surface area contributed by atoms with Gasteiger partial charge in [0.15, 0.2) is 11.6 Å². The first-order valence-corrected chi connectivity index (χ1v) is 5.34. The summed E-state index contributed by atoms with van der Waals surface area (Å²) < 4.78 is 18.1. The average Bonchev–Trinajstić information content (AvgIpc) is 2.29. The highest BCUT2D eigenvalue weighted by molar-refractivity contribution is 5.69. The maximum atomic E-state index is 13.3. The van der Waals surface area contributed by atoms with Crippen LogP contribution in [-0.4, -0.2) is 24.7 Å². The van der Waals surface area contributed by atoms with Gasteiger partial charge < -0.3 is 15.2 Å². The number of carboxylic acids is 1. The van der Waals surface area contributed by atoms with Crippen LogP contribution in [0.25, 0.3) is 0 Å². The van der Waals surface area contributed by atoms with Crippen molar-refractivity contribution in [3.05, 3.63) is 24.0 Å². The second-order valence-electron chi connectivity index (χ2n) is 3.80. The van der Waals surface area contributed by atoms with Crippen molar-refractivity contribution >= 4 is 11.7 Å². The Balaban J connectivity index is 2.47. The van der Waals surface area contributed by atoms with Crippen LogP contribution >= 0.6 is 0 Å². The molecule has 17 heavy (non-hydrogen) atoms. The maximum Gasteiger partial charge on any atom is 0.306 e. The number of hydrogen-bond acceptors (Lipinski definition) is 3. The van der Waals surface area contributed by atoms with Crippen molar-refractivity contribution in [1.29, 1.82) is 0 Å². The Morgan fingerprint density at radius 2 is 2.29 bits per heavy atom. The second-order valence-corrected chi connectivity index (χ2v) is 3.80. The van der Waals surface area contributed by atoms with E-state index in [1.54, 1.807) is 13.0 Å². The third-order valence-electron chi connectivity index (χ3n) is 2.48. The Morgan fingerprint density at radius 1 is 1.59 bits per heavy atom. The Kier molecular flexibility index (Phi) is 4.75. The van der Waals surface area contributed by atoms with E-state index < -0.39 is 17.7 Å². The topological polar surface area (TPSA) is 58.6 Å². The molecule has 0 radical (unpaired) electrons. The number of aliphatic carboxylic acids is 1. The molecule has 1 aromatic rings. The minimum absolute atomic E-state index is 0.189. The van der Waals surface area contributed by atoms with Crippen LogP contribution in [-0.2, 0) is 4.79 Å². The zero-order valence-corrected chi connectivity index (χ0v) is 9.87. The lowest BCUT2D eigenvalue weighted by atomic mass is 10.1. The molecule has 1 unspecified atom stereocenters. The Morgan fingerprint density at radius 3 is 2.82 bits per heavy atom. The SMILES string of the molecule is COc1ccc(NCCC(C)C(=O)O)cc1F. The van der Waals surface area contributed by atoms with E-state index >= 15 is 0 Å². The van der Waals surface area contributed by atoms with Crippen LogP contribution in [0, 0.1) is 11.7 Å². The number of benzene rings is 1. The van der Waals surface area contributed by atoms with Gasteiger partial charge in [0.1, 0.15) is 0 Å². The molecular weight excluding hydrogens is 225 g/mol. The molecule has 1 atom stereocenters. The first-order valence-electron chi connectivity index (χ1n) is 5.34. The normalized spacial score (nSPS) is 11.9. The van der Waals surface area contributed by atoms with Gasteiger partial charge in [-0.2, -0.15) is 0 Å². The van der Waals surface area contributed by atoms with E-state index in [-0.39, 0.29) is 5.75 Å². The lowest BCUT2D eigenvalue weighted by Crippen LogP contribution is -2.14. The molecule has 0 heterocycles. The summed E-state index contributed by atoms with van der Waals surface area (Å²) in [5.41, 5.74) is 0.612. The van der Waals surface area contributed by atoms with E-state index in [2.05, 4.69) is 5.32 Å². The Labute approximate surface area is 99.4 Å². The molecule has 0 aliphatic rings. The number of hydrogen-bond donors (Lipinski definition) is 2. The minimum atomic E-state index is -0.826. The average molecular weight is 241 g/mol. The molecule has 5 heteroatoms. The zero-order valence-electron chi connectivity index (χ0n) is 9.87. The van der Waals surface area contributed by atoms with Gasteiger partial charge in [-0.1, -0.05) is 6.92 Å². The third-order valence-corrected chi connectivity index (χ3v) is 2.48. The highest BCUT2D eigenvalue weighted by Gasteiger charge is 2.10. The molecular formula is C12H16FNO3. The fraction of sp³-hybridized carbons (Fsp3) is 0.417. The van der Waals surface area contributed by atoms with Gasteiger partial charge in [0.2, 0.25) is 0 Å². The fourth-order valence-corrected chi connectivity index (χ4v) is 1.33. The fourth-order valence-electron chi connectivity index (χ4n) is 1.33. The number of nitrogens with one attached hydrogen (secondary N) is 1. The van der Waals surface area contributed by atoms with Gasteiger partial charge in [0, 0.05) is 18.3 Å². The molecule has 0 spiro atoms. The molecule has 1 aromatic carbocycles. The first kappa shape index (κ1) is 13.3. The quantitative estimate of drug-likeness (QED) is 0.802. The van der Waals surface area contributed by atoms with Crippen molar-refractivity contribution in [2.75, 3.05) is 19.0 Å². The number of methoxy groups -OCH3 is 1. The third kappa shape index (κ3) is 3.94. The van der Waals surface area contributed by atoms with Crippen molar-refractivity contribution in [1.82, 2.24) is 0 Å². The molecule has 0 aliphatic carbocycles. The van der Waals surface area contributed by atoms with Crippen LogP contribution in [0.4, 0.5) is 10.1 Å². The summed E-state index contributed by atoms with van der Waals surface area (Å²) in [6.07, 6.45) is 0.489. The van der Waals surface area contributed by atoms with Gasteiger partial charge in [-0.3, -0.25) is 4.79 Å². The molecule has 0 bridgehead atoms.